The van der Waals surface area contributed by atoms with Crippen LogP contribution in [0.25, 0.3) is 0 Å². The number of aliphatic hydroxyl groups excluding tert-OH is 23. The zero-order chi connectivity index (χ0) is 76.3. The van der Waals surface area contributed by atoms with Gasteiger partial charge in [0.25, 0.3) is 5.79 Å². The second kappa shape index (κ2) is 36.3. The molecule has 103 heavy (non-hydrogen) atoms. The zero-order valence-electron chi connectivity index (χ0n) is 55.2. The Labute approximate surface area is 582 Å². The monoisotopic (exact) mass is 1510 g/mol. The Morgan fingerprint density at radius 2 is 0.835 bits per heavy atom. The minimum Gasteiger partial charge on any atom is -0.477 e. The number of hydrogen-bond donors (Lipinski definition) is 27. The molecule has 0 aromatic heterocycles. The second-order valence-electron chi connectivity index (χ2n) is 26.0. The van der Waals surface area contributed by atoms with Gasteiger partial charge in [0.2, 0.25) is 17.7 Å². The number of carboxylic acids is 1. The fourth-order valence-electron chi connectivity index (χ4n) is 13.2. The fourth-order valence-corrected chi connectivity index (χ4v) is 13.2. The summed E-state index contributed by atoms with van der Waals surface area (Å²) in [5.41, 5.74) is 0. The van der Waals surface area contributed by atoms with Crippen molar-refractivity contribution in [2.75, 3.05) is 46.2 Å². The minimum absolute atomic E-state index is 0.876. The van der Waals surface area contributed by atoms with Crippen molar-refractivity contribution in [3.05, 3.63) is 0 Å². The summed E-state index contributed by atoms with van der Waals surface area (Å²) in [7, 11) is 0. The van der Waals surface area contributed by atoms with Gasteiger partial charge in [-0.1, -0.05) is 0 Å². The van der Waals surface area contributed by atoms with Crippen molar-refractivity contribution in [2.45, 2.75) is 285 Å². The first-order valence-electron chi connectivity index (χ1n) is 32.6. The number of carbonyl (C=O) groups is 4. The third kappa shape index (κ3) is 18.5. The number of aliphatic hydroxyl groups is 23. The highest BCUT2D eigenvalue weighted by atomic mass is 16.8. The first-order valence-corrected chi connectivity index (χ1v) is 32.6. The normalized spacial score (nSPS) is 48.3. The number of carboxylic acid groups (broad SMARTS) is 1. The molecule has 2 unspecified atom stereocenters. The molecule has 8 heterocycles. The van der Waals surface area contributed by atoms with Crippen LogP contribution in [-0.4, -0.2) is 444 Å². The highest BCUT2D eigenvalue weighted by Crippen LogP contribution is 2.41. The average molecular weight is 1510 g/mol. The van der Waals surface area contributed by atoms with Crippen LogP contribution in [0.4, 0.5) is 0 Å². The standard InChI is InChI=1S/C57H95N3O43/c1-13-28(72)35(79)40(84)52(90-13)101-47-36(80)30(74)19(7-62)92-54(47)98-42-22(10-65)94-50(26(33(42)77)59-15(3)68)89-12-24-32(76)46(41(85)53(96-24)97-44-21(9-64)91-49(86)39(83)38(44)82)100-51-27(60-16(4)69)34(78)43(23(11-66)95-51)99-55-48(37(81)31(75)20(8-63)93-55)103-57(56(87)88)5-17(70)25(58-14(2)67)45(102-57)29(73)18(71)6-61/h13,17-55,61-66,70-86H,5-12H2,1-4H3,(H,58,67)(H,59,68)(H,60,69)(H,87,88)/t13-,17+,18+,19+,20+,21-,22+,23?,24-,25-,26-,27+,28+,29+,30-,31-,32+,33-,34+,35-,36+,37+,38+,39+,40+,41+,42+,43-,44+,45+,46+,47-,48-,49-,50+,51+,52-,53?,54-,55-,57+/m1/s1. The summed E-state index contributed by atoms with van der Waals surface area (Å²) >= 11 is 0. The lowest BCUT2D eigenvalue weighted by atomic mass is 9.88. The number of rotatable bonds is 27. The van der Waals surface area contributed by atoms with Gasteiger partial charge in [0, 0.05) is 27.2 Å². The third-order valence-electron chi connectivity index (χ3n) is 18.8. The topological polar surface area (TPSA) is 728 Å². The molecule has 46 heteroatoms. The van der Waals surface area contributed by atoms with Crippen molar-refractivity contribution >= 4 is 23.7 Å². The first-order chi connectivity index (χ1) is 48.5. The summed E-state index contributed by atoms with van der Waals surface area (Å²) in [6, 6.07) is -5.67. The molecule has 41 atom stereocenters. The lowest BCUT2D eigenvalue weighted by Gasteiger charge is -2.51. The molecule has 8 saturated heterocycles. The van der Waals surface area contributed by atoms with Gasteiger partial charge in [-0.05, 0) is 6.92 Å². The molecule has 0 spiro atoms. The van der Waals surface area contributed by atoms with E-state index < -0.39 is 327 Å². The van der Waals surface area contributed by atoms with Gasteiger partial charge in [-0.15, -0.1) is 0 Å². The van der Waals surface area contributed by atoms with Crippen LogP contribution in [0.15, 0.2) is 0 Å². The van der Waals surface area contributed by atoms with Crippen LogP contribution in [-0.2, 0) is 90.2 Å². The van der Waals surface area contributed by atoms with Crippen LogP contribution in [0.5, 0.6) is 0 Å². The highest BCUT2D eigenvalue weighted by molar-refractivity contribution is 5.77. The first kappa shape index (κ1) is 85.0. The van der Waals surface area contributed by atoms with Gasteiger partial charge in [-0.25, -0.2) is 4.79 Å². The molecule has 27 N–H and O–H groups in total. The molecule has 0 saturated carbocycles. The Balaban J connectivity index is 1.08. The molecule has 46 nitrogen and oxygen atoms in total. The van der Waals surface area contributed by atoms with Crippen molar-refractivity contribution in [2.24, 2.45) is 0 Å². The number of carbonyl (C=O) groups excluding carboxylic acids is 3. The van der Waals surface area contributed by atoms with E-state index in [1.165, 1.54) is 6.92 Å². The van der Waals surface area contributed by atoms with Gasteiger partial charge in [0.15, 0.2) is 44.0 Å². The summed E-state index contributed by atoms with van der Waals surface area (Å²) in [6.45, 7) is -3.78. The minimum atomic E-state index is -3.32. The van der Waals surface area contributed by atoms with E-state index in [1.807, 2.05) is 0 Å². The van der Waals surface area contributed by atoms with Gasteiger partial charge < -0.3 is 210 Å². The summed E-state index contributed by atoms with van der Waals surface area (Å²) in [4.78, 5) is 51.5. The number of hydrogen-bond acceptors (Lipinski definition) is 42. The molecule has 8 aliphatic heterocycles. The maximum absolute atomic E-state index is 13.3. The second-order valence-corrected chi connectivity index (χ2v) is 26.0. The van der Waals surface area contributed by atoms with E-state index in [2.05, 4.69) is 16.0 Å². The Morgan fingerprint density at radius 1 is 0.417 bits per heavy atom. The largest absolute Gasteiger partial charge is 0.477 e. The fraction of sp³-hybridized carbons (Fsp3) is 0.930. The van der Waals surface area contributed by atoms with E-state index in [9.17, 15) is 142 Å². The highest BCUT2D eigenvalue weighted by Gasteiger charge is 2.63. The van der Waals surface area contributed by atoms with Crippen LogP contribution >= 0.6 is 0 Å². The number of ether oxygens (including phenoxy) is 15. The van der Waals surface area contributed by atoms with Gasteiger partial charge in [-0.2, -0.15) is 0 Å². The number of aliphatic carboxylic acids is 1. The third-order valence-corrected chi connectivity index (χ3v) is 18.8. The quantitative estimate of drug-likeness (QED) is 0.0363. The van der Waals surface area contributed by atoms with Crippen LogP contribution in [0.3, 0.4) is 0 Å². The molecular formula is C57H95N3O43. The Kier molecular flexibility index (Phi) is 29.9. The lowest BCUT2D eigenvalue weighted by Crippen LogP contribution is -2.71. The van der Waals surface area contributed by atoms with Crippen LogP contribution < -0.4 is 16.0 Å². The molecule has 8 rings (SSSR count). The molecule has 3 amide bonds. The summed E-state index contributed by atoms with van der Waals surface area (Å²) in [6.07, 6.45) is -78.1. The molecule has 0 aliphatic carbocycles. The molecule has 0 aromatic carbocycles. The molecule has 8 aliphatic rings. The predicted octanol–water partition coefficient (Wildman–Crippen LogP) is -17.8. The van der Waals surface area contributed by atoms with Crippen molar-refractivity contribution in [1.82, 2.24) is 16.0 Å². The van der Waals surface area contributed by atoms with E-state index in [-0.39, 0.29) is 0 Å². The molecule has 0 aromatic rings. The molecule has 0 bridgehead atoms. The van der Waals surface area contributed by atoms with Gasteiger partial charge in [-0.3, -0.25) is 14.4 Å². The van der Waals surface area contributed by atoms with Gasteiger partial charge >= 0.3 is 5.97 Å². The predicted molar refractivity (Wildman–Crippen MR) is 315 cm³/mol. The van der Waals surface area contributed by atoms with E-state index in [0.29, 0.717) is 0 Å². The lowest BCUT2D eigenvalue weighted by molar-refractivity contribution is -0.398. The molecule has 596 valence electrons. The van der Waals surface area contributed by atoms with Gasteiger partial charge in [0.05, 0.1) is 64.5 Å². The maximum atomic E-state index is 13.3. The average Bonchev–Trinajstić information content (AvgIpc) is 0.755. The van der Waals surface area contributed by atoms with Crippen molar-refractivity contribution < 1.29 is 213 Å². The number of nitrogens with one attached hydrogen (secondary N) is 3. The molecular weight excluding hydrogens is 1410 g/mol. The van der Waals surface area contributed by atoms with Crippen LogP contribution in [0.1, 0.15) is 34.1 Å². The Morgan fingerprint density at radius 3 is 1.35 bits per heavy atom. The SMILES string of the molecule is CC(=O)N[C@@H]1[C@H](O[C@H]2[C@@H](O)[C@@H](CO[C@H]3O[C@@H](CO)[C@H](O[C@H]4O[C@@H](CO)[C@@H](O)[C@H](O)[C@H]4O[C@H]4O[C@H](C)[C@H](O)[C@@H](O)[C@@H]4O)[C@H](O)[C@H]3NC(C)=O)OC(O[C@@H]3[C@@H](O)[C@H](O)[C@H](O)O[C@@H]3CO)[C@H]2O)OC(CO)[C@@H](O[C@H]2O[C@@H](CO)[C@@H](O)[C@H](O)[C@H]2O[C@]2(C(=O)O)C[C@H](O)[C@@H](NC(C)=O)[C@@H]([C@@H](O)[C@@H](O)CO)O2)[C@H]1O. The summed E-state index contributed by atoms with van der Waals surface area (Å²) in [5.74, 6) is -8.29. The van der Waals surface area contributed by atoms with E-state index >= 15 is 0 Å². The molecule has 8 fully saturated rings. The Bertz CT molecular complexity index is 2730. The van der Waals surface area contributed by atoms with Crippen LogP contribution in [0.2, 0.25) is 0 Å². The number of amides is 3. The zero-order valence-corrected chi connectivity index (χ0v) is 55.2. The summed E-state index contributed by atoms with van der Waals surface area (Å²) < 4.78 is 87.6. The Hall–Kier alpha value is -3.64. The van der Waals surface area contributed by atoms with E-state index in [1.54, 1.807) is 0 Å². The van der Waals surface area contributed by atoms with Gasteiger partial charge in [0.1, 0.15) is 183 Å². The van der Waals surface area contributed by atoms with Crippen LogP contribution in [0, 0.1) is 0 Å². The van der Waals surface area contributed by atoms with E-state index in [4.69, 9.17) is 71.1 Å². The van der Waals surface area contributed by atoms with Crippen molar-refractivity contribution in [1.29, 1.82) is 0 Å². The van der Waals surface area contributed by atoms with Crippen molar-refractivity contribution in [3.8, 4) is 0 Å². The van der Waals surface area contributed by atoms with E-state index in [0.717, 1.165) is 20.8 Å². The smallest absolute Gasteiger partial charge is 0.364 e. The maximum Gasteiger partial charge on any atom is 0.364 e. The van der Waals surface area contributed by atoms with Crippen molar-refractivity contribution in [3.63, 3.8) is 0 Å². The summed E-state index contributed by atoms with van der Waals surface area (Å²) in [5, 5.41) is 270. The molecule has 0 radical (unpaired) electrons.